The van der Waals surface area contributed by atoms with Gasteiger partial charge in [-0.25, -0.2) is 0 Å². The highest BCUT2D eigenvalue weighted by Gasteiger charge is 2.33. The molecule has 1 saturated carbocycles. The highest BCUT2D eigenvalue weighted by Crippen LogP contribution is 2.27. The molecular formula is C16H29ClN4O2. The van der Waals surface area contributed by atoms with Gasteiger partial charge in [0.05, 0.1) is 12.5 Å². The molecule has 23 heavy (non-hydrogen) atoms. The normalized spacial score (nSPS) is 26.7. The maximum Gasteiger partial charge on any atom is 0.240 e. The zero-order chi connectivity index (χ0) is 15.5. The van der Waals surface area contributed by atoms with Crippen LogP contribution >= 0.6 is 12.4 Å². The van der Waals surface area contributed by atoms with E-state index in [0.29, 0.717) is 12.3 Å². The summed E-state index contributed by atoms with van der Waals surface area (Å²) in [6.45, 7) is 5.88. The van der Waals surface area contributed by atoms with Crippen molar-refractivity contribution in [3.63, 3.8) is 0 Å². The van der Waals surface area contributed by atoms with Crippen molar-refractivity contribution in [3.05, 3.63) is 0 Å². The zero-order valence-corrected chi connectivity index (χ0v) is 14.8. The number of carbonyl (C=O) groups excluding carboxylic acids is 2. The highest BCUT2D eigenvalue weighted by molar-refractivity contribution is 5.89. The third kappa shape index (κ3) is 4.58. The number of amides is 2. The Morgan fingerprint density at radius 1 is 1.17 bits per heavy atom. The number of nitrogens with zero attached hydrogens (tertiary/aromatic N) is 3. The summed E-state index contributed by atoms with van der Waals surface area (Å²) in [6.07, 6.45) is 4.12. The van der Waals surface area contributed by atoms with E-state index in [-0.39, 0.29) is 30.3 Å². The third-order valence-electron chi connectivity index (χ3n) is 5.32. The maximum absolute atomic E-state index is 12.6. The van der Waals surface area contributed by atoms with Crippen molar-refractivity contribution in [2.24, 2.45) is 5.92 Å². The molecule has 3 rings (SSSR count). The fourth-order valence-electron chi connectivity index (χ4n) is 3.48. The zero-order valence-electron chi connectivity index (χ0n) is 14.0. The molecule has 2 heterocycles. The van der Waals surface area contributed by atoms with Crippen molar-refractivity contribution >= 4 is 24.2 Å². The van der Waals surface area contributed by atoms with Crippen LogP contribution in [0.5, 0.6) is 0 Å². The van der Waals surface area contributed by atoms with Crippen molar-refractivity contribution in [2.75, 3.05) is 52.9 Å². The fraction of sp³-hybridized carbons (Fsp3) is 0.875. The Morgan fingerprint density at radius 3 is 2.48 bits per heavy atom. The second kappa shape index (κ2) is 8.31. The molecule has 0 aromatic rings. The first-order valence-electron chi connectivity index (χ1n) is 8.62. The van der Waals surface area contributed by atoms with Gasteiger partial charge in [-0.05, 0) is 25.8 Å². The monoisotopic (exact) mass is 344 g/mol. The number of piperazine rings is 2. The fourth-order valence-corrected chi connectivity index (χ4v) is 3.48. The molecule has 0 bridgehead atoms. The van der Waals surface area contributed by atoms with E-state index in [1.54, 1.807) is 0 Å². The van der Waals surface area contributed by atoms with Crippen molar-refractivity contribution < 1.29 is 9.59 Å². The van der Waals surface area contributed by atoms with Gasteiger partial charge < -0.3 is 20.0 Å². The summed E-state index contributed by atoms with van der Waals surface area (Å²) in [5.41, 5.74) is 0. The quantitative estimate of drug-likeness (QED) is 0.790. The minimum atomic E-state index is -0.319. The van der Waals surface area contributed by atoms with Crippen molar-refractivity contribution in [1.82, 2.24) is 20.0 Å². The first-order chi connectivity index (χ1) is 10.6. The molecule has 3 fully saturated rings. The number of carbonyl (C=O) groups is 2. The average Bonchev–Trinajstić information content (AvgIpc) is 2.47. The summed E-state index contributed by atoms with van der Waals surface area (Å²) in [4.78, 5) is 31.1. The summed E-state index contributed by atoms with van der Waals surface area (Å²) in [6, 6.07) is -0.319. The van der Waals surface area contributed by atoms with Crippen LogP contribution in [-0.2, 0) is 9.59 Å². The Labute approximate surface area is 145 Å². The predicted octanol–water partition coefficient (Wildman–Crippen LogP) is 0.173. The van der Waals surface area contributed by atoms with Gasteiger partial charge in [-0.3, -0.25) is 9.59 Å². The van der Waals surface area contributed by atoms with E-state index < -0.39 is 0 Å². The number of rotatable bonds is 4. The van der Waals surface area contributed by atoms with E-state index in [2.05, 4.69) is 17.3 Å². The predicted molar refractivity (Wildman–Crippen MR) is 91.7 cm³/mol. The number of halogens is 1. The van der Waals surface area contributed by atoms with E-state index in [0.717, 1.165) is 45.8 Å². The van der Waals surface area contributed by atoms with Crippen LogP contribution < -0.4 is 5.32 Å². The molecule has 1 atom stereocenters. The van der Waals surface area contributed by atoms with Crippen molar-refractivity contribution in [2.45, 2.75) is 31.7 Å². The molecule has 132 valence electrons. The summed E-state index contributed by atoms with van der Waals surface area (Å²) in [5.74, 6) is 0.932. The van der Waals surface area contributed by atoms with Crippen LogP contribution in [0, 0.1) is 5.92 Å². The van der Waals surface area contributed by atoms with Gasteiger partial charge in [-0.2, -0.15) is 0 Å². The van der Waals surface area contributed by atoms with Crippen LogP contribution in [0.1, 0.15) is 25.7 Å². The molecule has 7 heteroatoms. The largest absolute Gasteiger partial charge is 0.340 e. The minimum Gasteiger partial charge on any atom is -0.340 e. The topological polar surface area (TPSA) is 55.9 Å². The molecule has 2 saturated heterocycles. The minimum absolute atomic E-state index is 0. The Morgan fingerprint density at radius 2 is 1.87 bits per heavy atom. The van der Waals surface area contributed by atoms with Gasteiger partial charge in [0, 0.05) is 45.8 Å². The van der Waals surface area contributed by atoms with Gasteiger partial charge >= 0.3 is 0 Å². The van der Waals surface area contributed by atoms with Crippen LogP contribution in [0.15, 0.2) is 0 Å². The lowest BCUT2D eigenvalue weighted by molar-refractivity contribution is -0.142. The van der Waals surface area contributed by atoms with Gasteiger partial charge in [0.25, 0.3) is 0 Å². The van der Waals surface area contributed by atoms with Gasteiger partial charge in [0.15, 0.2) is 0 Å². The number of hydrogen-bond donors (Lipinski definition) is 1. The maximum atomic E-state index is 12.6. The van der Waals surface area contributed by atoms with E-state index in [9.17, 15) is 9.59 Å². The lowest BCUT2D eigenvalue weighted by Gasteiger charge is -2.38. The summed E-state index contributed by atoms with van der Waals surface area (Å²) in [7, 11) is 2.08. The summed E-state index contributed by atoms with van der Waals surface area (Å²) < 4.78 is 0. The number of nitrogens with one attached hydrogen (secondary N) is 1. The second-order valence-electron chi connectivity index (χ2n) is 6.98. The van der Waals surface area contributed by atoms with Crippen LogP contribution in [0.2, 0.25) is 0 Å². The van der Waals surface area contributed by atoms with Crippen molar-refractivity contribution in [3.8, 4) is 0 Å². The molecule has 2 amide bonds. The second-order valence-corrected chi connectivity index (χ2v) is 6.98. The lowest BCUT2D eigenvalue weighted by atomic mass is 9.85. The van der Waals surface area contributed by atoms with Crippen molar-refractivity contribution in [1.29, 1.82) is 0 Å². The molecule has 0 spiro atoms. The van der Waals surface area contributed by atoms with Crippen LogP contribution in [0.3, 0.4) is 0 Å². The van der Waals surface area contributed by atoms with Gasteiger partial charge in [-0.1, -0.05) is 6.42 Å². The lowest BCUT2D eigenvalue weighted by Crippen LogP contribution is -2.58. The van der Waals surface area contributed by atoms with Gasteiger partial charge in [-0.15, -0.1) is 12.4 Å². The Hall–Kier alpha value is -0.850. The Balaban J connectivity index is 0.00000192. The third-order valence-corrected chi connectivity index (χ3v) is 5.32. The first-order valence-corrected chi connectivity index (χ1v) is 8.62. The van der Waals surface area contributed by atoms with E-state index in [1.165, 1.54) is 19.3 Å². The van der Waals surface area contributed by atoms with E-state index in [1.807, 2.05) is 9.80 Å². The Bertz CT molecular complexity index is 422. The Kier molecular flexibility index (Phi) is 6.68. The smallest absolute Gasteiger partial charge is 0.240 e. The molecule has 1 N–H and O–H groups in total. The van der Waals surface area contributed by atoms with Crippen LogP contribution in [-0.4, -0.2) is 85.4 Å². The number of hydrogen-bond acceptors (Lipinski definition) is 4. The molecule has 1 aliphatic carbocycles. The molecule has 3 aliphatic rings. The standard InChI is InChI=1S/C16H28N4O2.ClH/c1-18-7-9-19(10-8-18)15(21)11-14-16(22)20(6-5-17-14)12-13-3-2-4-13;/h13-14,17H,2-12H2,1H3;1H. The molecule has 1 unspecified atom stereocenters. The van der Waals surface area contributed by atoms with E-state index >= 15 is 0 Å². The molecule has 2 aliphatic heterocycles. The first kappa shape index (κ1) is 18.5. The average molecular weight is 345 g/mol. The summed E-state index contributed by atoms with van der Waals surface area (Å²) >= 11 is 0. The SMILES string of the molecule is CN1CCN(C(=O)CC2NCCN(CC3CCC3)C2=O)CC1.Cl. The van der Waals surface area contributed by atoms with E-state index in [4.69, 9.17) is 0 Å². The molecular weight excluding hydrogens is 316 g/mol. The summed E-state index contributed by atoms with van der Waals surface area (Å²) in [5, 5.41) is 3.24. The highest BCUT2D eigenvalue weighted by atomic mass is 35.5. The van der Waals surface area contributed by atoms with Gasteiger partial charge in [0.1, 0.15) is 0 Å². The molecule has 0 radical (unpaired) electrons. The van der Waals surface area contributed by atoms with Crippen LogP contribution in [0.4, 0.5) is 0 Å². The number of likely N-dealkylation sites (N-methyl/N-ethyl adjacent to an activating group) is 1. The molecule has 0 aromatic heterocycles. The molecule has 6 nitrogen and oxygen atoms in total. The van der Waals surface area contributed by atoms with Gasteiger partial charge in [0.2, 0.25) is 11.8 Å². The van der Waals surface area contributed by atoms with Crippen LogP contribution in [0.25, 0.3) is 0 Å². The molecule has 0 aromatic carbocycles.